The standard InChI is InChI=1S/C21H31F3O3/c1-3-5-6-7-15-8-9-17(26-13-15)12-16(22)14-27-19-11-10-18(25-4-2)20(23)21(19)24/h10-11,15-17H,3-9,12-14H2,1-2H3. The molecule has 1 saturated heterocycles. The highest BCUT2D eigenvalue weighted by molar-refractivity contribution is 5.35. The molecule has 154 valence electrons. The fraction of sp³-hybridized carbons (Fsp3) is 0.714. The lowest BCUT2D eigenvalue weighted by Crippen LogP contribution is -2.30. The van der Waals surface area contributed by atoms with Crippen LogP contribution in [-0.2, 0) is 4.74 Å². The molecule has 0 N–H and O–H groups in total. The number of rotatable bonds is 11. The van der Waals surface area contributed by atoms with Crippen LogP contribution >= 0.6 is 0 Å². The summed E-state index contributed by atoms with van der Waals surface area (Å²) in [6.45, 7) is 4.44. The largest absolute Gasteiger partial charge is 0.491 e. The van der Waals surface area contributed by atoms with Crippen LogP contribution in [0.1, 0.15) is 58.8 Å². The molecular formula is C21H31F3O3. The fourth-order valence-corrected chi connectivity index (χ4v) is 3.38. The van der Waals surface area contributed by atoms with Crippen LogP contribution in [0.4, 0.5) is 13.2 Å². The number of alkyl halides is 1. The van der Waals surface area contributed by atoms with Gasteiger partial charge in [0.15, 0.2) is 11.5 Å². The molecule has 0 bridgehead atoms. The predicted molar refractivity (Wildman–Crippen MR) is 99.1 cm³/mol. The van der Waals surface area contributed by atoms with Crippen molar-refractivity contribution in [2.24, 2.45) is 5.92 Å². The van der Waals surface area contributed by atoms with Gasteiger partial charge in [-0.3, -0.25) is 0 Å². The first-order valence-electron chi connectivity index (χ1n) is 10.0. The summed E-state index contributed by atoms with van der Waals surface area (Å²) >= 11 is 0. The van der Waals surface area contributed by atoms with Crippen molar-refractivity contribution in [2.45, 2.75) is 71.1 Å². The zero-order chi connectivity index (χ0) is 19.6. The van der Waals surface area contributed by atoms with E-state index in [0.29, 0.717) is 12.5 Å². The van der Waals surface area contributed by atoms with Gasteiger partial charge in [-0.2, -0.15) is 8.78 Å². The maximum absolute atomic E-state index is 14.2. The Morgan fingerprint density at radius 2 is 1.78 bits per heavy atom. The van der Waals surface area contributed by atoms with Gasteiger partial charge in [-0.1, -0.05) is 26.2 Å². The Morgan fingerprint density at radius 3 is 2.37 bits per heavy atom. The highest BCUT2D eigenvalue weighted by atomic mass is 19.2. The molecule has 1 fully saturated rings. The summed E-state index contributed by atoms with van der Waals surface area (Å²) in [5.74, 6) is -2.18. The molecule has 1 aromatic rings. The van der Waals surface area contributed by atoms with E-state index in [4.69, 9.17) is 14.2 Å². The monoisotopic (exact) mass is 388 g/mol. The smallest absolute Gasteiger partial charge is 0.204 e. The van der Waals surface area contributed by atoms with E-state index in [1.165, 1.54) is 37.8 Å². The van der Waals surface area contributed by atoms with E-state index in [-0.39, 0.29) is 37.2 Å². The zero-order valence-electron chi connectivity index (χ0n) is 16.3. The average Bonchev–Trinajstić information content (AvgIpc) is 2.66. The number of halogens is 3. The molecule has 1 aliphatic rings. The third-order valence-electron chi connectivity index (χ3n) is 4.93. The maximum atomic E-state index is 14.2. The molecule has 0 saturated carbocycles. The van der Waals surface area contributed by atoms with Crippen molar-refractivity contribution < 1.29 is 27.4 Å². The van der Waals surface area contributed by atoms with Crippen molar-refractivity contribution >= 4 is 0 Å². The molecule has 27 heavy (non-hydrogen) atoms. The van der Waals surface area contributed by atoms with Gasteiger partial charge in [0.2, 0.25) is 11.6 Å². The Hall–Kier alpha value is -1.43. The second kappa shape index (κ2) is 11.4. The van der Waals surface area contributed by atoms with Gasteiger partial charge in [0.1, 0.15) is 12.8 Å². The van der Waals surface area contributed by atoms with Crippen LogP contribution in [0.3, 0.4) is 0 Å². The topological polar surface area (TPSA) is 27.7 Å². The van der Waals surface area contributed by atoms with Gasteiger partial charge in [-0.15, -0.1) is 0 Å². The van der Waals surface area contributed by atoms with Crippen LogP contribution in [0.25, 0.3) is 0 Å². The van der Waals surface area contributed by atoms with E-state index in [9.17, 15) is 13.2 Å². The van der Waals surface area contributed by atoms with E-state index < -0.39 is 17.8 Å². The normalized spacial score (nSPS) is 21.1. The van der Waals surface area contributed by atoms with E-state index in [1.54, 1.807) is 6.92 Å². The second-order valence-electron chi connectivity index (χ2n) is 7.16. The Labute approximate surface area is 160 Å². The fourth-order valence-electron chi connectivity index (χ4n) is 3.38. The molecule has 1 aliphatic heterocycles. The molecule has 1 aromatic carbocycles. The van der Waals surface area contributed by atoms with Gasteiger partial charge in [-0.05, 0) is 44.2 Å². The van der Waals surface area contributed by atoms with Crippen LogP contribution in [0.15, 0.2) is 12.1 Å². The first-order chi connectivity index (χ1) is 13.0. The van der Waals surface area contributed by atoms with Gasteiger partial charge >= 0.3 is 0 Å². The Morgan fingerprint density at radius 1 is 1.07 bits per heavy atom. The lowest BCUT2D eigenvalue weighted by atomic mass is 9.92. The summed E-state index contributed by atoms with van der Waals surface area (Å²) in [6.07, 6.45) is 5.52. The third-order valence-corrected chi connectivity index (χ3v) is 4.93. The number of hydrogen-bond donors (Lipinski definition) is 0. The molecule has 0 amide bonds. The lowest BCUT2D eigenvalue weighted by molar-refractivity contribution is -0.0361. The van der Waals surface area contributed by atoms with E-state index in [1.807, 2.05) is 0 Å². The van der Waals surface area contributed by atoms with Crippen molar-refractivity contribution in [3.05, 3.63) is 23.8 Å². The second-order valence-corrected chi connectivity index (χ2v) is 7.16. The van der Waals surface area contributed by atoms with Gasteiger partial charge in [-0.25, -0.2) is 4.39 Å². The molecule has 1 heterocycles. The Kier molecular flexibility index (Phi) is 9.25. The van der Waals surface area contributed by atoms with E-state index in [2.05, 4.69) is 6.92 Å². The SMILES string of the molecule is CCCCCC1CCC(CC(F)COc2ccc(OCC)c(F)c2F)OC1. The van der Waals surface area contributed by atoms with Crippen molar-refractivity contribution in [1.29, 1.82) is 0 Å². The van der Waals surface area contributed by atoms with Gasteiger partial charge < -0.3 is 14.2 Å². The molecule has 6 heteroatoms. The number of hydrogen-bond acceptors (Lipinski definition) is 3. The Balaban J connectivity index is 1.72. The Bertz CT molecular complexity index is 560. The van der Waals surface area contributed by atoms with Crippen molar-refractivity contribution in [2.75, 3.05) is 19.8 Å². The summed E-state index contributed by atoms with van der Waals surface area (Å²) in [5.41, 5.74) is 0. The molecule has 0 aliphatic carbocycles. The van der Waals surface area contributed by atoms with E-state index in [0.717, 1.165) is 12.8 Å². The summed E-state index contributed by atoms with van der Waals surface area (Å²) < 4.78 is 57.8. The molecule has 0 spiro atoms. The van der Waals surface area contributed by atoms with Crippen LogP contribution in [0.5, 0.6) is 11.5 Å². The van der Waals surface area contributed by atoms with Crippen molar-refractivity contribution in [3.8, 4) is 11.5 Å². The minimum Gasteiger partial charge on any atom is -0.491 e. The molecule has 3 nitrogen and oxygen atoms in total. The summed E-state index contributed by atoms with van der Waals surface area (Å²) in [5, 5.41) is 0. The number of benzene rings is 1. The number of unbranched alkanes of at least 4 members (excludes halogenated alkanes) is 2. The van der Waals surface area contributed by atoms with Crippen molar-refractivity contribution in [3.63, 3.8) is 0 Å². The van der Waals surface area contributed by atoms with Crippen LogP contribution < -0.4 is 9.47 Å². The molecule has 2 rings (SSSR count). The van der Waals surface area contributed by atoms with Crippen LogP contribution in [0.2, 0.25) is 0 Å². The zero-order valence-corrected chi connectivity index (χ0v) is 16.3. The highest BCUT2D eigenvalue weighted by Crippen LogP contribution is 2.29. The third kappa shape index (κ3) is 6.91. The first-order valence-corrected chi connectivity index (χ1v) is 10.0. The quantitative estimate of drug-likeness (QED) is 0.445. The molecule has 0 aromatic heterocycles. The van der Waals surface area contributed by atoms with Crippen molar-refractivity contribution in [1.82, 2.24) is 0 Å². The van der Waals surface area contributed by atoms with Gasteiger partial charge in [0.25, 0.3) is 0 Å². The predicted octanol–water partition coefficient (Wildman–Crippen LogP) is 5.85. The van der Waals surface area contributed by atoms with E-state index >= 15 is 0 Å². The summed E-state index contributed by atoms with van der Waals surface area (Å²) in [4.78, 5) is 0. The lowest BCUT2D eigenvalue weighted by Gasteiger charge is -2.30. The van der Waals surface area contributed by atoms with Crippen LogP contribution in [0, 0.1) is 17.6 Å². The van der Waals surface area contributed by atoms with Crippen LogP contribution in [-0.4, -0.2) is 32.1 Å². The number of ether oxygens (including phenoxy) is 3. The summed E-state index contributed by atoms with van der Waals surface area (Å²) in [6, 6.07) is 2.54. The average molecular weight is 388 g/mol. The van der Waals surface area contributed by atoms with Gasteiger partial charge in [0, 0.05) is 13.0 Å². The van der Waals surface area contributed by atoms with Gasteiger partial charge in [0.05, 0.1) is 12.7 Å². The summed E-state index contributed by atoms with van der Waals surface area (Å²) in [7, 11) is 0. The minimum atomic E-state index is -1.29. The molecule has 3 unspecified atom stereocenters. The highest BCUT2D eigenvalue weighted by Gasteiger charge is 2.25. The molecular weight excluding hydrogens is 357 g/mol. The molecule has 3 atom stereocenters. The molecule has 0 radical (unpaired) electrons. The maximum Gasteiger partial charge on any atom is 0.204 e. The minimum absolute atomic E-state index is 0.132. The first kappa shape index (κ1) is 21.9.